The normalized spacial score (nSPS) is 16.2. The number of hydrogen-bond acceptors (Lipinski definition) is 7. The molecule has 0 radical (unpaired) electrons. The van der Waals surface area contributed by atoms with Crippen LogP contribution in [-0.2, 0) is 9.53 Å². The molecule has 0 unspecified atom stereocenters. The second kappa shape index (κ2) is 9.65. The van der Waals surface area contributed by atoms with Crippen LogP contribution in [0.25, 0.3) is 16.6 Å². The van der Waals surface area contributed by atoms with Gasteiger partial charge >= 0.3 is 0 Å². The van der Waals surface area contributed by atoms with E-state index in [9.17, 15) is 4.79 Å². The lowest BCUT2D eigenvalue weighted by atomic mass is 10.1. The lowest BCUT2D eigenvalue weighted by molar-refractivity contribution is -0.119. The van der Waals surface area contributed by atoms with Gasteiger partial charge in [-0.25, -0.2) is 4.68 Å². The van der Waals surface area contributed by atoms with Crippen molar-refractivity contribution < 1.29 is 14.3 Å². The summed E-state index contributed by atoms with van der Waals surface area (Å²) >= 11 is 1.36. The molecule has 1 aromatic carbocycles. The van der Waals surface area contributed by atoms with E-state index in [2.05, 4.69) is 34.5 Å². The number of nitrogens with zero attached hydrogens (tertiary/aromatic N) is 4. The van der Waals surface area contributed by atoms with E-state index in [0.717, 1.165) is 41.7 Å². The van der Waals surface area contributed by atoms with E-state index >= 15 is 0 Å². The van der Waals surface area contributed by atoms with Gasteiger partial charge in [0.05, 0.1) is 30.9 Å². The molecular formula is C22H27N5O3S. The van der Waals surface area contributed by atoms with E-state index in [4.69, 9.17) is 9.47 Å². The van der Waals surface area contributed by atoms with Gasteiger partial charge < -0.3 is 14.8 Å². The third-order valence-corrected chi connectivity index (χ3v) is 6.20. The molecule has 1 aliphatic heterocycles. The van der Waals surface area contributed by atoms with Crippen LogP contribution in [0, 0.1) is 0 Å². The molecule has 9 heteroatoms. The van der Waals surface area contributed by atoms with Crippen molar-refractivity contribution >= 4 is 28.6 Å². The Morgan fingerprint density at radius 3 is 2.94 bits per heavy atom. The Bertz CT molecular complexity index is 1060. The average molecular weight is 442 g/mol. The Labute approximate surface area is 185 Å². The van der Waals surface area contributed by atoms with Crippen LogP contribution in [-0.4, -0.2) is 58.0 Å². The highest BCUT2D eigenvalue weighted by atomic mass is 32.2. The highest BCUT2D eigenvalue weighted by Crippen LogP contribution is 2.33. The molecule has 31 heavy (non-hydrogen) atoms. The van der Waals surface area contributed by atoms with E-state index in [1.165, 1.54) is 11.8 Å². The summed E-state index contributed by atoms with van der Waals surface area (Å²) in [4.78, 5) is 12.4. The SMILES string of the molecule is COc1ccccc1-n1ncc2c(C(C)C)nnc(SCC(=O)NC[C@H]3CCCO3)c21. The zero-order chi connectivity index (χ0) is 21.8. The molecule has 1 fully saturated rings. The van der Waals surface area contributed by atoms with Crippen LogP contribution < -0.4 is 10.1 Å². The van der Waals surface area contributed by atoms with E-state index in [1.807, 2.05) is 35.1 Å². The smallest absolute Gasteiger partial charge is 0.230 e. The zero-order valence-corrected chi connectivity index (χ0v) is 18.8. The van der Waals surface area contributed by atoms with Crippen molar-refractivity contribution in [3.63, 3.8) is 0 Å². The summed E-state index contributed by atoms with van der Waals surface area (Å²) in [6.07, 6.45) is 3.98. The molecule has 1 aliphatic rings. The minimum atomic E-state index is -0.0493. The number of amides is 1. The van der Waals surface area contributed by atoms with Crippen LogP contribution in [0.15, 0.2) is 35.5 Å². The van der Waals surface area contributed by atoms with E-state index in [0.29, 0.717) is 17.3 Å². The highest BCUT2D eigenvalue weighted by molar-refractivity contribution is 8.00. The number of rotatable bonds is 8. The van der Waals surface area contributed by atoms with Gasteiger partial charge in [-0.15, -0.1) is 5.10 Å². The molecule has 8 nitrogen and oxygen atoms in total. The van der Waals surface area contributed by atoms with Crippen LogP contribution in [0.5, 0.6) is 5.75 Å². The van der Waals surface area contributed by atoms with Crippen molar-refractivity contribution in [1.29, 1.82) is 0 Å². The number of carbonyl (C=O) groups excluding carboxylic acids is 1. The average Bonchev–Trinajstić information content (AvgIpc) is 3.46. The monoisotopic (exact) mass is 441 g/mol. The van der Waals surface area contributed by atoms with Gasteiger partial charge in [0.1, 0.15) is 22.0 Å². The standard InChI is InChI=1S/C22H27N5O3S/c1-14(2)20-16-12-24-27(17-8-4-5-9-18(17)29-3)21(16)22(26-25-20)31-13-19(28)23-11-15-7-6-10-30-15/h4-5,8-9,12,14-15H,6-7,10-11,13H2,1-3H3,(H,23,28)/t15-/m1/s1. The second-order valence-electron chi connectivity index (χ2n) is 7.76. The number of ether oxygens (including phenoxy) is 2. The van der Waals surface area contributed by atoms with Gasteiger partial charge in [0.15, 0.2) is 0 Å². The molecular weight excluding hydrogens is 414 g/mol. The van der Waals surface area contributed by atoms with Crippen LogP contribution >= 0.6 is 11.8 Å². The molecule has 0 aliphatic carbocycles. The quantitative estimate of drug-likeness (QED) is 0.536. The first-order valence-corrected chi connectivity index (χ1v) is 11.5. The number of thioether (sulfide) groups is 1. The Hall–Kier alpha value is -2.65. The summed E-state index contributed by atoms with van der Waals surface area (Å²) in [7, 11) is 1.64. The number of carbonyl (C=O) groups is 1. The Kier molecular flexibility index (Phi) is 6.72. The predicted molar refractivity (Wildman–Crippen MR) is 120 cm³/mol. The summed E-state index contributed by atoms with van der Waals surface area (Å²) in [5, 5.41) is 18.1. The third kappa shape index (κ3) is 4.67. The fourth-order valence-corrected chi connectivity index (χ4v) is 4.47. The lowest BCUT2D eigenvalue weighted by Gasteiger charge is -2.13. The van der Waals surface area contributed by atoms with Crippen LogP contribution in [0.1, 0.15) is 38.3 Å². The topological polar surface area (TPSA) is 91.2 Å². The van der Waals surface area contributed by atoms with Crippen LogP contribution in [0.3, 0.4) is 0 Å². The maximum Gasteiger partial charge on any atom is 0.230 e. The van der Waals surface area contributed by atoms with Gasteiger partial charge in [0, 0.05) is 18.5 Å². The van der Waals surface area contributed by atoms with Crippen LogP contribution in [0.4, 0.5) is 0 Å². The minimum Gasteiger partial charge on any atom is -0.494 e. The van der Waals surface area contributed by atoms with Crippen molar-refractivity contribution in [3.8, 4) is 11.4 Å². The Morgan fingerprint density at radius 1 is 1.35 bits per heavy atom. The summed E-state index contributed by atoms with van der Waals surface area (Å²) in [5.74, 6) is 1.10. The first kappa shape index (κ1) is 21.6. The van der Waals surface area contributed by atoms with Gasteiger partial charge in [0.2, 0.25) is 5.91 Å². The molecule has 3 heterocycles. The molecule has 1 atom stereocenters. The summed E-state index contributed by atoms with van der Waals surface area (Å²) in [5.41, 5.74) is 2.52. The molecule has 3 aromatic rings. The second-order valence-corrected chi connectivity index (χ2v) is 8.73. The van der Waals surface area contributed by atoms with Crippen molar-refractivity contribution in [3.05, 3.63) is 36.2 Å². The summed E-state index contributed by atoms with van der Waals surface area (Å²) in [6.45, 7) is 5.48. The fourth-order valence-electron chi connectivity index (χ4n) is 3.67. The van der Waals surface area contributed by atoms with Crippen molar-refractivity contribution in [2.75, 3.05) is 26.0 Å². The fraction of sp³-hybridized carbons (Fsp3) is 0.455. The van der Waals surface area contributed by atoms with Gasteiger partial charge in [-0.2, -0.15) is 10.2 Å². The molecule has 0 bridgehead atoms. The van der Waals surface area contributed by atoms with E-state index < -0.39 is 0 Å². The van der Waals surface area contributed by atoms with Gasteiger partial charge in [-0.1, -0.05) is 37.7 Å². The van der Waals surface area contributed by atoms with E-state index in [-0.39, 0.29) is 23.7 Å². The number of aromatic nitrogens is 4. The van der Waals surface area contributed by atoms with E-state index in [1.54, 1.807) is 7.11 Å². The largest absolute Gasteiger partial charge is 0.494 e. The number of benzene rings is 1. The number of para-hydroxylation sites is 2. The molecule has 4 rings (SSSR count). The molecule has 0 saturated carbocycles. The minimum absolute atomic E-state index is 0.0493. The first-order chi connectivity index (χ1) is 15.1. The van der Waals surface area contributed by atoms with Gasteiger partial charge in [-0.3, -0.25) is 4.79 Å². The summed E-state index contributed by atoms with van der Waals surface area (Å²) < 4.78 is 12.9. The Balaban J connectivity index is 1.62. The third-order valence-electron chi connectivity index (χ3n) is 5.25. The zero-order valence-electron chi connectivity index (χ0n) is 18.0. The van der Waals surface area contributed by atoms with Gasteiger partial charge in [0.25, 0.3) is 0 Å². The molecule has 1 N–H and O–H groups in total. The maximum absolute atomic E-state index is 12.4. The maximum atomic E-state index is 12.4. The molecule has 1 saturated heterocycles. The number of fused-ring (bicyclic) bond motifs is 1. The molecule has 164 valence electrons. The van der Waals surface area contributed by atoms with Crippen molar-refractivity contribution in [2.45, 2.75) is 43.7 Å². The summed E-state index contributed by atoms with van der Waals surface area (Å²) in [6, 6.07) is 7.70. The number of hydrogen-bond donors (Lipinski definition) is 1. The van der Waals surface area contributed by atoms with Crippen molar-refractivity contribution in [1.82, 2.24) is 25.3 Å². The molecule has 2 aromatic heterocycles. The lowest BCUT2D eigenvalue weighted by Crippen LogP contribution is -2.32. The predicted octanol–water partition coefficient (Wildman–Crippen LogP) is 3.33. The van der Waals surface area contributed by atoms with Gasteiger partial charge in [-0.05, 0) is 30.9 Å². The molecule has 1 amide bonds. The highest BCUT2D eigenvalue weighted by Gasteiger charge is 2.21. The molecule has 0 spiro atoms. The van der Waals surface area contributed by atoms with Crippen LogP contribution in [0.2, 0.25) is 0 Å². The number of methoxy groups -OCH3 is 1. The van der Waals surface area contributed by atoms with Crippen molar-refractivity contribution in [2.24, 2.45) is 0 Å². The Morgan fingerprint density at radius 2 is 2.19 bits per heavy atom. The number of nitrogens with one attached hydrogen (secondary N) is 1. The first-order valence-electron chi connectivity index (χ1n) is 10.5.